The van der Waals surface area contributed by atoms with Crippen LogP contribution in [0.1, 0.15) is 60.3 Å². The summed E-state index contributed by atoms with van der Waals surface area (Å²) in [6.45, 7) is 3.40. The molecule has 1 fully saturated rings. The Kier molecular flexibility index (Phi) is 5.43. The van der Waals surface area contributed by atoms with Gasteiger partial charge in [-0.05, 0) is 37.5 Å². The predicted octanol–water partition coefficient (Wildman–Crippen LogP) is 3.06. The molecule has 2 aromatic rings. The molecule has 2 heterocycles. The van der Waals surface area contributed by atoms with Crippen LogP contribution >= 0.6 is 0 Å². The second-order valence-corrected chi connectivity index (χ2v) is 7.67. The smallest absolute Gasteiger partial charge is 0.255 e. The van der Waals surface area contributed by atoms with Gasteiger partial charge in [0.2, 0.25) is 0 Å². The van der Waals surface area contributed by atoms with E-state index in [-0.39, 0.29) is 11.7 Å². The number of rotatable bonds is 4. The normalized spacial score (nSPS) is 18.7. The molecule has 6 nitrogen and oxygen atoms in total. The number of nitrogens with one attached hydrogen (secondary N) is 1. The van der Waals surface area contributed by atoms with Gasteiger partial charge in [0.05, 0.1) is 23.5 Å². The minimum Gasteiger partial charge on any atom is -0.507 e. The Morgan fingerprint density at radius 1 is 1.15 bits per heavy atom. The lowest BCUT2D eigenvalue weighted by molar-refractivity contribution is 0.0947. The van der Waals surface area contributed by atoms with Gasteiger partial charge in [-0.15, -0.1) is 0 Å². The van der Waals surface area contributed by atoms with Gasteiger partial charge in [0, 0.05) is 25.7 Å². The fourth-order valence-corrected chi connectivity index (χ4v) is 4.32. The molecule has 144 valence electrons. The number of fused-ring (bicyclic) bond motifs is 1. The number of phenolic OH excluding ortho intramolecular Hbond substituents is 1. The first kappa shape index (κ1) is 18.0. The summed E-state index contributed by atoms with van der Waals surface area (Å²) in [5, 5.41) is 17.4. The summed E-state index contributed by atoms with van der Waals surface area (Å²) in [4.78, 5) is 14.9. The van der Waals surface area contributed by atoms with Crippen molar-refractivity contribution in [2.75, 3.05) is 6.54 Å². The maximum atomic E-state index is 12.3. The van der Waals surface area contributed by atoms with Crippen LogP contribution in [0.2, 0.25) is 0 Å². The molecule has 0 spiro atoms. The number of amides is 1. The Morgan fingerprint density at radius 3 is 2.78 bits per heavy atom. The van der Waals surface area contributed by atoms with Crippen LogP contribution in [0.15, 0.2) is 30.3 Å². The molecular weight excluding hydrogens is 340 g/mol. The van der Waals surface area contributed by atoms with E-state index in [2.05, 4.69) is 21.0 Å². The summed E-state index contributed by atoms with van der Waals surface area (Å²) in [6, 6.07) is 9.42. The fraction of sp³-hybridized carbons (Fsp3) is 0.524. The highest BCUT2D eigenvalue weighted by atomic mass is 16.3. The Morgan fingerprint density at radius 2 is 1.96 bits per heavy atom. The topological polar surface area (TPSA) is 70.4 Å². The van der Waals surface area contributed by atoms with Crippen molar-refractivity contribution in [2.24, 2.45) is 0 Å². The number of para-hydroxylation sites is 1. The third-order valence-electron chi connectivity index (χ3n) is 5.76. The third kappa shape index (κ3) is 4.16. The Hall–Kier alpha value is -2.34. The highest BCUT2D eigenvalue weighted by molar-refractivity contribution is 5.96. The quantitative estimate of drug-likeness (QED) is 0.870. The van der Waals surface area contributed by atoms with E-state index in [9.17, 15) is 9.90 Å². The maximum Gasteiger partial charge on any atom is 0.255 e. The molecule has 0 radical (unpaired) electrons. The van der Waals surface area contributed by atoms with Gasteiger partial charge in [-0.1, -0.05) is 31.4 Å². The monoisotopic (exact) mass is 368 g/mol. The summed E-state index contributed by atoms with van der Waals surface area (Å²) in [5.41, 5.74) is 2.41. The lowest BCUT2D eigenvalue weighted by Crippen LogP contribution is -2.36. The average molecular weight is 368 g/mol. The molecule has 0 bridgehead atoms. The van der Waals surface area contributed by atoms with Crippen molar-refractivity contribution in [3.05, 3.63) is 47.3 Å². The van der Waals surface area contributed by atoms with Crippen LogP contribution in [0, 0.1) is 0 Å². The van der Waals surface area contributed by atoms with E-state index in [1.807, 2.05) is 0 Å². The summed E-state index contributed by atoms with van der Waals surface area (Å²) in [7, 11) is 0. The van der Waals surface area contributed by atoms with E-state index < -0.39 is 0 Å². The van der Waals surface area contributed by atoms with Gasteiger partial charge in [-0.2, -0.15) is 5.10 Å². The molecule has 1 aromatic carbocycles. The molecule has 0 unspecified atom stereocenters. The molecule has 6 heteroatoms. The number of hydrogen-bond donors (Lipinski definition) is 2. The van der Waals surface area contributed by atoms with Gasteiger partial charge < -0.3 is 10.4 Å². The molecule has 0 saturated heterocycles. The first-order valence-electron chi connectivity index (χ1n) is 10.1. The van der Waals surface area contributed by atoms with Crippen molar-refractivity contribution >= 4 is 5.91 Å². The molecule has 27 heavy (non-hydrogen) atoms. The van der Waals surface area contributed by atoms with Crippen molar-refractivity contribution in [3.8, 4) is 5.75 Å². The van der Waals surface area contributed by atoms with Crippen LogP contribution in [-0.2, 0) is 19.6 Å². The summed E-state index contributed by atoms with van der Waals surface area (Å²) in [5.74, 6) is -0.279. The number of hydrogen-bond acceptors (Lipinski definition) is 4. The molecule has 1 saturated carbocycles. The van der Waals surface area contributed by atoms with E-state index in [4.69, 9.17) is 5.10 Å². The first-order chi connectivity index (χ1) is 13.2. The third-order valence-corrected chi connectivity index (χ3v) is 5.76. The van der Waals surface area contributed by atoms with Crippen LogP contribution in [0.4, 0.5) is 0 Å². The molecule has 1 amide bonds. The number of nitrogens with zero attached hydrogens (tertiary/aromatic N) is 3. The van der Waals surface area contributed by atoms with Gasteiger partial charge >= 0.3 is 0 Å². The molecule has 2 aliphatic rings. The maximum absolute atomic E-state index is 12.3. The molecule has 2 N–H and O–H groups in total. The number of phenols is 1. The molecule has 1 aromatic heterocycles. The van der Waals surface area contributed by atoms with Crippen molar-refractivity contribution in [2.45, 2.75) is 64.2 Å². The van der Waals surface area contributed by atoms with Gasteiger partial charge in [0.15, 0.2) is 0 Å². The Labute approximate surface area is 160 Å². The SMILES string of the molecule is O=C(NCc1cc2n(n1)CCCN(C1CCCCC1)C2)c1ccccc1O. The zero-order valence-corrected chi connectivity index (χ0v) is 15.7. The van der Waals surface area contributed by atoms with E-state index in [0.717, 1.165) is 31.7 Å². The lowest BCUT2D eigenvalue weighted by atomic mass is 9.94. The van der Waals surface area contributed by atoms with Crippen molar-refractivity contribution < 1.29 is 9.90 Å². The first-order valence-corrected chi connectivity index (χ1v) is 10.1. The van der Waals surface area contributed by atoms with Crippen LogP contribution < -0.4 is 5.32 Å². The molecule has 1 aliphatic carbocycles. The summed E-state index contributed by atoms with van der Waals surface area (Å²) >= 11 is 0. The van der Waals surface area contributed by atoms with Gasteiger partial charge in [-0.25, -0.2) is 0 Å². The fourth-order valence-electron chi connectivity index (χ4n) is 4.32. The predicted molar refractivity (Wildman–Crippen MR) is 103 cm³/mol. The standard InChI is InChI=1S/C21H28N4O2/c26-20-10-5-4-9-19(20)21(27)22-14-16-13-18-15-24(11-6-12-25(18)23-16)17-7-2-1-3-8-17/h4-5,9-10,13,17,26H,1-3,6-8,11-12,14-15H2,(H,22,27). The number of benzene rings is 1. The summed E-state index contributed by atoms with van der Waals surface area (Å²) < 4.78 is 2.10. The van der Waals surface area contributed by atoms with Gasteiger partial charge in [0.1, 0.15) is 5.75 Å². The number of aryl methyl sites for hydroxylation is 1. The minimum atomic E-state index is -0.278. The van der Waals surface area contributed by atoms with Gasteiger partial charge in [-0.3, -0.25) is 14.4 Å². The van der Waals surface area contributed by atoms with E-state index >= 15 is 0 Å². The average Bonchev–Trinajstić information content (AvgIpc) is 2.97. The highest BCUT2D eigenvalue weighted by Gasteiger charge is 2.24. The lowest BCUT2D eigenvalue weighted by Gasteiger charge is -2.33. The van der Waals surface area contributed by atoms with E-state index in [1.165, 1.54) is 43.9 Å². The van der Waals surface area contributed by atoms with Crippen molar-refractivity contribution in [1.82, 2.24) is 20.0 Å². The number of aromatic hydroxyl groups is 1. The van der Waals surface area contributed by atoms with Crippen molar-refractivity contribution in [1.29, 1.82) is 0 Å². The van der Waals surface area contributed by atoms with E-state index in [0.29, 0.717) is 18.2 Å². The Bertz CT molecular complexity index is 795. The number of carbonyl (C=O) groups is 1. The van der Waals surface area contributed by atoms with Gasteiger partial charge in [0.25, 0.3) is 5.91 Å². The second kappa shape index (κ2) is 8.13. The second-order valence-electron chi connectivity index (χ2n) is 7.67. The van der Waals surface area contributed by atoms with Crippen molar-refractivity contribution in [3.63, 3.8) is 0 Å². The zero-order chi connectivity index (χ0) is 18.6. The van der Waals surface area contributed by atoms with Crippen LogP contribution in [0.25, 0.3) is 0 Å². The molecule has 4 rings (SSSR count). The summed E-state index contributed by atoms with van der Waals surface area (Å²) in [6.07, 6.45) is 7.83. The highest BCUT2D eigenvalue weighted by Crippen LogP contribution is 2.26. The Balaban J connectivity index is 1.40. The van der Waals surface area contributed by atoms with Crippen LogP contribution in [0.5, 0.6) is 5.75 Å². The molecular formula is C21H28N4O2. The minimum absolute atomic E-state index is 0.00116. The largest absolute Gasteiger partial charge is 0.507 e. The number of carbonyl (C=O) groups excluding carboxylic acids is 1. The van der Waals surface area contributed by atoms with Crippen LogP contribution in [0.3, 0.4) is 0 Å². The van der Waals surface area contributed by atoms with Crippen LogP contribution in [-0.4, -0.2) is 38.3 Å². The zero-order valence-electron chi connectivity index (χ0n) is 15.7. The molecule has 0 atom stereocenters. The number of aromatic nitrogens is 2. The molecule has 1 aliphatic heterocycles. The van der Waals surface area contributed by atoms with E-state index in [1.54, 1.807) is 18.2 Å².